The Hall–Kier alpha value is -1.42. The van der Waals surface area contributed by atoms with Crippen LogP contribution in [0.15, 0.2) is 24.8 Å². The molecule has 15 heavy (non-hydrogen) atoms. The number of likely N-dealkylation sites (N-methyl/N-ethyl adjacent to an activating group) is 1. The summed E-state index contributed by atoms with van der Waals surface area (Å²) in [5.41, 5.74) is 0.965. The molecule has 0 atom stereocenters. The Morgan fingerprint density at radius 3 is 2.80 bits per heavy atom. The number of hydrogen-bond acceptors (Lipinski definition) is 4. The first-order valence-corrected chi connectivity index (χ1v) is 5.13. The van der Waals surface area contributed by atoms with Gasteiger partial charge in [0.25, 0.3) is 0 Å². The number of aromatic nitrogens is 2. The van der Waals surface area contributed by atoms with Crippen LogP contribution in [-0.4, -0.2) is 30.3 Å². The minimum absolute atomic E-state index is 0.773. The molecule has 1 rings (SSSR count). The minimum atomic E-state index is 0.773. The van der Waals surface area contributed by atoms with Gasteiger partial charge in [0.1, 0.15) is 0 Å². The summed E-state index contributed by atoms with van der Waals surface area (Å²) < 4.78 is 0. The molecule has 0 aliphatic heterocycles. The normalized spacial score (nSPS) is 10.0. The lowest BCUT2D eigenvalue weighted by molar-refractivity contribution is 0.697. The molecule has 0 fully saturated rings. The number of nitrogens with one attached hydrogen (secondary N) is 1. The van der Waals surface area contributed by atoms with Crippen LogP contribution in [-0.2, 0) is 6.54 Å². The summed E-state index contributed by atoms with van der Waals surface area (Å²) in [5.74, 6) is 0.871. The fourth-order valence-corrected chi connectivity index (χ4v) is 1.19. The predicted octanol–water partition coefficient (Wildman–Crippen LogP) is 1.21. The van der Waals surface area contributed by atoms with Gasteiger partial charge in [0.2, 0.25) is 0 Å². The van der Waals surface area contributed by atoms with Gasteiger partial charge in [0, 0.05) is 20.1 Å². The first kappa shape index (κ1) is 11.7. The van der Waals surface area contributed by atoms with Crippen molar-refractivity contribution in [3.8, 4) is 0 Å². The molecule has 1 aromatic heterocycles. The Labute approximate surface area is 91.0 Å². The van der Waals surface area contributed by atoms with Crippen LogP contribution >= 0.6 is 0 Å². The summed E-state index contributed by atoms with van der Waals surface area (Å²) in [6.45, 7) is 8.25. The van der Waals surface area contributed by atoms with Gasteiger partial charge in [-0.3, -0.25) is 0 Å². The first-order chi connectivity index (χ1) is 7.27. The van der Waals surface area contributed by atoms with Crippen molar-refractivity contribution in [2.75, 3.05) is 25.0 Å². The van der Waals surface area contributed by atoms with Crippen LogP contribution in [0.1, 0.15) is 12.6 Å². The number of anilines is 1. The van der Waals surface area contributed by atoms with Gasteiger partial charge >= 0.3 is 0 Å². The average Bonchev–Trinajstić information content (AvgIpc) is 2.27. The van der Waals surface area contributed by atoms with E-state index in [9.17, 15) is 0 Å². The number of hydrogen-bond donors (Lipinski definition) is 1. The molecule has 0 aliphatic rings. The van der Waals surface area contributed by atoms with Crippen molar-refractivity contribution >= 4 is 5.82 Å². The van der Waals surface area contributed by atoms with E-state index in [1.54, 1.807) is 0 Å². The van der Waals surface area contributed by atoms with Crippen LogP contribution in [0, 0.1) is 0 Å². The molecular formula is C11H18N4. The van der Waals surface area contributed by atoms with Crippen molar-refractivity contribution in [2.24, 2.45) is 0 Å². The minimum Gasteiger partial charge on any atom is -0.354 e. The average molecular weight is 206 g/mol. The molecule has 1 N–H and O–H groups in total. The predicted molar refractivity (Wildman–Crippen MR) is 62.9 cm³/mol. The molecule has 4 heteroatoms. The molecule has 0 aliphatic carbocycles. The van der Waals surface area contributed by atoms with Gasteiger partial charge in [-0.25, -0.2) is 0 Å². The molecule has 0 unspecified atom stereocenters. The molecule has 0 radical (unpaired) electrons. The van der Waals surface area contributed by atoms with E-state index in [-0.39, 0.29) is 0 Å². The Morgan fingerprint density at radius 2 is 2.27 bits per heavy atom. The van der Waals surface area contributed by atoms with Crippen LogP contribution < -0.4 is 10.2 Å². The monoisotopic (exact) mass is 206 g/mol. The molecule has 82 valence electrons. The van der Waals surface area contributed by atoms with Crippen LogP contribution in [0.3, 0.4) is 0 Å². The summed E-state index contributed by atoms with van der Waals surface area (Å²) in [6.07, 6.45) is 1.84. The van der Waals surface area contributed by atoms with Gasteiger partial charge in [0.15, 0.2) is 5.82 Å². The van der Waals surface area contributed by atoms with Crippen LogP contribution in [0.5, 0.6) is 0 Å². The van der Waals surface area contributed by atoms with Gasteiger partial charge in [-0.2, -0.15) is 5.10 Å². The molecule has 0 amide bonds. The molecule has 0 spiro atoms. The molecule has 0 saturated carbocycles. The highest BCUT2D eigenvalue weighted by Crippen LogP contribution is 2.06. The van der Waals surface area contributed by atoms with E-state index in [4.69, 9.17) is 0 Å². The maximum atomic E-state index is 4.14. The molecule has 0 saturated heterocycles. The van der Waals surface area contributed by atoms with Crippen molar-refractivity contribution < 1.29 is 0 Å². The van der Waals surface area contributed by atoms with Crippen molar-refractivity contribution in [3.63, 3.8) is 0 Å². The zero-order valence-electron chi connectivity index (χ0n) is 9.40. The smallest absolute Gasteiger partial charge is 0.151 e. The summed E-state index contributed by atoms with van der Waals surface area (Å²) in [7, 11) is 1.97. The second-order valence-corrected chi connectivity index (χ2v) is 3.33. The summed E-state index contributed by atoms with van der Waals surface area (Å²) in [5, 5.41) is 11.5. The third-order valence-electron chi connectivity index (χ3n) is 2.06. The lowest BCUT2D eigenvalue weighted by Crippen LogP contribution is -2.19. The molecule has 4 nitrogen and oxygen atoms in total. The molecule has 0 aromatic carbocycles. The lowest BCUT2D eigenvalue weighted by atomic mass is 10.3. The topological polar surface area (TPSA) is 41.0 Å². The fourth-order valence-electron chi connectivity index (χ4n) is 1.19. The quantitative estimate of drug-likeness (QED) is 0.710. The third kappa shape index (κ3) is 3.67. The Kier molecular flexibility index (Phi) is 4.77. The zero-order chi connectivity index (χ0) is 11.1. The van der Waals surface area contributed by atoms with E-state index in [2.05, 4.69) is 29.0 Å². The molecule has 0 bridgehead atoms. The van der Waals surface area contributed by atoms with Crippen LogP contribution in [0.4, 0.5) is 5.82 Å². The Bertz CT molecular complexity index is 294. The van der Waals surface area contributed by atoms with Crippen LogP contribution in [0.2, 0.25) is 0 Å². The molecule has 1 heterocycles. The van der Waals surface area contributed by atoms with Crippen molar-refractivity contribution in [3.05, 3.63) is 30.5 Å². The van der Waals surface area contributed by atoms with Crippen molar-refractivity contribution in [1.82, 2.24) is 15.5 Å². The summed E-state index contributed by atoms with van der Waals surface area (Å²) >= 11 is 0. The van der Waals surface area contributed by atoms with Crippen molar-refractivity contribution in [2.45, 2.75) is 13.5 Å². The van der Waals surface area contributed by atoms with Gasteiger partial charge in [-0.1, -0.05) is 13.0 Å². The maximum Gasteiger partial charge on any atom is 0.151 e. The van der Waals surface area contributed by atoms with E-state index in [1.165, 1.54) is 0 Å². The first-order valence-electron chi connectivity index (χ1n) is 5.13. The number of nitrogens with zero attached hydrogens (tertiary/aromatic N) is 3. The summed E-state index contributed by atoms with van der Waals surface area (Å²) in [4.78, 5) is 2.00. The summed E-state index contributed by atoms with van der Waals surface area (Å²) in [6, 6.07) is 3.97. The Balaban J connectivity index is 2.59. The highest BCUT2D eigenvalue weighted by molar-refractivity contribution is 5.36. The van der Waals surface area contributed by atoms with Crippen LogP contribution in [0.25, 0.3) is 0 Å². The molecular weight excluding hydrogens is 188 g/mol. The maximum absolute atomic E-state index is 4.14. The van der Waals surface area contributed by atoms with E-state index in [0.29, 0.717) is 0 Å². The van der Waals surface area contributed by atoms with Gasteiger partial charge < -0.3 is 10.2 Å². The second kappa shape index (κ2) is 6.14. The standard InChI is InChI=1S/C11H18N4/c1-4-8-15(3)11-7-6-10(13-14-11)9-12-5-2/h4,6-7,12H,1,5,8-9H2,2-3H3. The fraction of sp³-hybridized carbons (Fsp3) is 0.455. The zero-order valence-corrected chi connectivity index (χ0v) is 9.40. The van der Waals surface area contributed by atoms with E-state index in [1.807, 2.05) is 30.2 Å². The van der Waals surface area contributed by atoms with Gasteiger partial charge in [0.05, 0.1) is 5.69 Å². The second-order valence-electron chi connectivity index (χ2n) is 3.33. The number of rotatable bonds is 6. The third-order valence-corrected chi connectivity index (χ3v) is 2.06. The largest absolute Gasteiger partial charge is 0.354 e. The molecule has 1 aromatic rings. The SMILES string of the molecule is C=CCN(C)c1ccc(CNCC)nn1. The highest BCUT2D eigenvalue weighted by Gasteiger charge is 2.01. The van der Waals surface area contributed by atoms with E-state index >= 15 is 0 Å². The van der Waals surface area contributed by atoms with E-state index < -0.39 is 0 Å². The highest BCUT2D eigenvalue weighted by atomic mass is 15.2. The van der Waals surface area contributed by atoms with Crippen molar-refractivity contribution in [1.29, 1.82) is 0 Å². The lowest BCUT2D eigenvalue weighted by Gasteiger charge is -2.14. The van der Waals surface area contributed by atoms with E-state index in [0.717, 1.165) is 31.1 Å². The Morgan fingerprint density at radius 1 is 1.47 bits per heavy atom. The van der Waals surface area contributed by atoms with Gasteiger partial charge in [-0.15, -0.1) is 11.7 Å². The van der Waals surface area contributed by atoms with Gasteiger partial charge in [-0.05, 0) is 18.7 Å².